The van der Waals surface area contributed by atoms with E-state index in [1.54, 1.807) is 12.1 Å². The molecule has 0 bridgehead atoms. The van der Waals surface area contributed by atoms with E-state index in [-0.39, 0.29) is 16.3 Å². The van der Waals surface area contributed by atoms with Crippen LogP contribution in [0.15, 0.2) is 58.3 Å². The second-order valence-corrected chi connectivity index (χ2v) is 9.58. The van der Waals surface area contributed by atoms with Crippen molar-refractivity contribution in [2.24, 2.45) is 11.1 Å². The van der Waals surface area contributed by atoms with Crippen LogP contribution in [0.2, 0.25) is 0 Å². The van der Waals surface area contributed by atoms with Crippen LogP contribution in [0.5, 0.6) is 0 Å². The molecule has 0 unspecified atom stereocenters. The van der Waals surface area contributed by atoms with E-state index in [1.807, 2.05) is 12.1 Å². The third kappa shape index (κ3) is 5.64. The molecular formula is C17H22N2O4S2. The number of rotatable bonds is 7. The van der Waals surface area contributed by atoms with E-state index < -0.39 is 20.0 Å². The van der Waals surface area contributed by atoms with E-state index in [2.05, 4.69) is 18.6 Å². The monoisotopic (exact) mass is 382 g/mol. The molecule has 0 saturated heterocycles. The third-order valence-electron chi connectivity index (χ3n) is 3.60. The standard InChI is InChI=1S/C17H22N2O4S2/c1-13(2)11-14-3-9-17(10-4-14)25(22,23)19-12-15-5-7-16(8-6-15)24(18,20)21/h3-10,13,19H,11-12H2,1-2H3,(H2,18,20,21). The van der Waals surface area contributed by atoms with Gasteiger partial charge in [0.05, 0.1) is 9.79 Å². The zero-order chi connectivity index (χ0) is 18.7. The maximum Gasteiger partial charge on any atom is 0.240 e. The largest absolute Gasteiger partial charge is 0.240 e. The van der Waals surface area contributed by atoms with Gasteiger partial charge in [0.25, 0.3) is 0 Å². The SMILES string of the molecule is CC(C)Cc1ccc(S(=O)(=O)NCc2ccc(S(N)(=O)=O)cc2)cc1. The maximum atomic E-state index is 12.3. The Morgan fingerprint density at radius 2 is 1.32 bits per heavy atom. The summed E-state index contributed by atoms with van der Waals surface area (Å²) in [5, 5.41) is 5.03. The average Bonchev–Trinajstić information content (AvgIpc) is 2.52. The van der Waals surface area contributed by atoms with E-state index in [9.17, 15) is 16.8 Å². The smallest absolute Gasteiger partial charge is 0.225 e. The molecule has 3 N–H and O–H groups in total. The summed E-state index contributed by atoms with van der Waals surface area (Å²) in [4.78, 5) is 0.181. The zero-order valence-electron chi connectivity index (χ0n) is 14.1. The van der Waals surface area contributed by atoms with Gasteiger partial charge in [-0.15, -0.1) is 0 Å². The van der Waals surface area contributed by atoms with Gasteiger partial charge in [-0.3, -0.25) is 0 Å². The molecule has 0 radical (unpaired) electrons. The lowest BCUT2D eigenvalue weighted by Gasteiger charge is -2.09. The highest BCUT2D eigenvalue weighted by atomic mass is 32.2. The fourth-order valence-electron chi connectivity index (χ4n) is 2.33. The van der Waals surface area contributed by atoms with Crippen LogP contribution in [0.3, 0.4) is 0 Å². The predicted molar refractivity (Wildman–Crippen MR) is 96.8 cm³/mol. The molecule has 25 heavy (non-hydrogen) atoms. The molecule has 0 aromatic heterocycles. The molecule has 0 fully saturated rings. The van der Waals surface area contributed by atoms with Crippen molar-refractivity contribution in [1.82, 2.24) is 4.72 Å². The van der Waals surface area contributed by atoms with Gasteiger partial charge in [0.2, 0.25) is 20.0 Å². The van der Waals surface area contributed by atoms with Crippen molar-refractivity contribution in [3.05, 3.63) is 59.7 Å². The van der Waals surface area contributed by atoms with Gasteiger partial charge in [0, 0.05) is 6.54 Å². The van der Waals surface area contributed by atoms with Crippen LogP contribution in [-0.4, -0.2) is 16.8 Å². The lowest BCUT2D eigenvalue weighted by molar-refractivity contribution is 0.580. The first-order valence-electron chi connectivity index (χ1n) is 7.78. The van der Waals surface area contributed by atoms with Crippen molar-refractivity contribution in [3.63, 3.8) is 0 Å². The molecule has 0 aliphatic heterocycles. The summed E-state index contributed by atoms with van der Waals surface area (Å²) in [5.41, 5.74) is 1.72. The highest BCUT2D eigenvalue weighted by molar-refractivity contribution is 7.89. The molecule has 0 heterocycles. The predicted octanol–water partition coefficient (Wildman–Crippen LogP) is 2.01. The first-order chi connectivity index (χ1) is 11.6. The molecule has 0 spiro atoms. The summed E-state index contributed by atoms with van der Waals surface area (Å²) in [6.45, 7) is 4.27. The van der Waals surface area contributed by atoms with Gasteiger partial charge in [-0.25, -0.2) is 26.7 Å². The van der Waals surface area contributed by atoms with Gasteiger partial charge in [-0.1, -0.05) is 38.1 Å². The van der Waals surface area contributed by atoms with Gasteiger partial charge in [0.1, 0.15) is 0 Å². The molecule has 2 rings (SSSR count). The number of primary sulfonamides is 1. The van der Waals surface area contributed by atoms with E-state index in [0.29, 0.717) is 11.5 Å². The topological polar surface area (TPSA) is 106 Å². The first kappa shape index (κ1) is 19.6. The highest BCUT2D eigenvalue weighted by Crippen LogP contribution is 2.14. The van der Waals surface area contributed by atoms with E-state index in [1.165, 1.54) is 24.3 Å². The minimum Gasteiger partial charge on any atom is -0.225 e. The lowest BCUT2D eigenvalue weighted by Crippen LogP contribution is -2.23. The van der Waals surface area contributed by atoms with Crippen LogP contribution < -0.4 is 9.86 Å². The summed E-state index contributed by atoms with van der Waals surface area (Å²) in [6, 6.07) is 12.5. The summed E-state index contributed by atoms with van der Waals surface area (Å²) < 4.78 is 49.6. The quantitative estimate of drug-likeness (QED) is 0.764. The second-order valence-electron chi connectivity index (χ2n) is 6.26. The second kappa shape index (κ2) is 7.65. The van der Waals surface area contributed by atoms with Crippen LogP contribution in [0.4, 0.5) is 0 Å². The van der Waals surface area contributed by atoms with Gasteiger partial charge < -0.3 is 0 Å². The number of sulfonamides is 2. The number of hydrogen-bond acceptors (Lipinski definition) is 4. The van der Waals surface area contributed by atoms with E-state index in [4.69, 9.17) is 5.14 Å². The minimum atomic E-state index is -3.76. The van der Waals surface area contributed by atoms with Gasteiger partial charge in [-0.05, 0) is 47.7 Å². The first-order valence-corrected chi connectivity index (χ1v) is 10.8. The van der Waals surface area contributed by atoms with Crippen LogP contribution in [0.25, 0.3) is 0 Å². The Balaban J connectivity index is 2.06. The number of benzene rings is 2. The van der Waals surface area contributed by atoms with Crippen molar-refractivity contribution in [1.29, 1.82) is 0 Å². The molecule has 6 nitrogen and oxygen atoms in total. The highest BCUT2D eigenvalue weighted by Gasteiger charge is 2.14. The zero-order valence-corrected chi connectivity index (χ0v) is 15.8. The Hall–Kier alpha value is -1.74. The minimum absolute atomic E-state index is 0.0140. The Kier molecular flexibility index (Phi) is 5.99. The Morgan fingerprint density at radius 1 is 0.840 bits per heavy atom. The van der Waals surface area contributed by atoms with Crippen molar-refractivity contribution < 1.29 is 16.8 Å². The molecule has 8 heteroatoms. The molecule has 0 aliphatic carbocycles. The van der Waals surface area contributed by atoms with Crippen LogP contribution in [0, 0.1) is 5.92 Å². The summed E-state index contributed by atoms with van der Waals surface area (Å²) in [7, 11) is -7.39. The number of hydrogen-bond donors (Lipinski definition) is 2. The molecule has 0 saturated carbocycles. The van der Waals surface area contributed by atoms with E-state index >= 15 is 0 Å². The number of nitrogens with one attached hydrogen (secondary N) is 1. The van der Waals surface area contributed by atoms with E-state index in [0.717, 1.165) is 12.0 Å². The molecule has 0 amide bonds. The van der Waals surface area contributed by atoms with Crippen LogP contribution in [0.1, 0.15) is 25.0 Å². The molecule has 136 valence electrons. The summed E-state index contributed by atoms with van der Waals surface area (Å²) in [5.74, 6) is 0.501. The normalized spacial score (nSPS) is 12.5. The number of nitrogens with two attached hydrogens (primary N) is 1. The summed E-state index contributed by atoms with van der Waals surface area (Å²) >= 11 is 0. The molecule has 0 atom stereocenters. The molecular weight excluding hydrogens is 360 g/mol. The van der Waals surface area contributed by atoms with Crippen LogP contribution >= 0.6 is 0 Å². The van der Waals surface area contributed by atoms with Gasteiger partial charge in [-0.2, -0.15) is 0 Å². The molecule has 0 aliphatic rings. The Labute approximate surface area is 149 Å². The molecule has 2 aromatic carbocycles. The van der Waals surface area contributed by atoms with Crippen molar-refractivity contribution >= 4 is 20.0 Å². The van der Waals surface area contributed by atoms with Crippen molar-refractivity contribution in [2.45, 2.75) is 36.6 Å². The van der Waals surface area contributed by atoms with Gasteiger partial charge >= 0.3 is 0 Å². The fourth-order valence-corrected chi connectivity index (χ4v) is 3.87. The van der Waals surface area contributed by atoms with Crippen molar-refractivity contribution in [3.8, 4) is 0 Å². The summed E-state index contributed by atoms with van der Waals surface area (Å²) in [6.07, 6.45) is 0.893. The third-order valence-corrected chi connectivity index (χ3v) is 5.94. The maximum absolute atomic E-state index is 12.3. The fraction of sp³-hybridized carbons (Fsp3) is 0.294. The Bertz CT molecular complexity index is 918. The Morgan fingerprint density at radius 3 is 1.80 bits per heavy atom. The van der Waals surface area contributed by atoms with Gasteiger partial charge in [0.15, 0.2) is 0 Å². The average molecular weight is 383 g/mol. The van der Waals surface area contributed by atoms with Crippen LogP contribution in [-0.2, 0) is 33.0 Å². The molecule has 2 aromatic rings. The lowest BCUT2D eigenvalue weighted by atomic mass is 10.0. The van der Waals surface area contributed by atoms with Crippen molar-refractivity contribution in [2.75, 3.05) is 0 Å².